The average Bonchev–Trinajstić information content (AvgIpc) is 1.43. The van der Waals surface area contributed by atoms with E-state index in [1.165, 1.54) is 160 Å². The predicted octanol–water partition coefficient (Wildman–Crippen LogP) is 20.9. The van der Waals surface area contributed by atoms with E-state index in [1.807, 2.05) is 0 Å². The molecular weight excluding hydrogens is 1060 g/mol. The quantitative estimate of drug-likeness (QED) is 0.156. The van der Waals surface area contributed by atoms with Crippen LogP contribution in [0.2, 0.25) is 0 Å². The van der Waals surface area contributed by atoms with Crippen LogP contribution in [0.5, 0.6) is 0 Å². The summed E-state index contributed by atoms with van der Waals surface area (Å²) in [6, 6.07) is 72.3. The van der Waals surface area contributed by atoms with Gasteiger partial charge in [-0.2, -0.15) is 0 Å². The fourth-order valence-electron chi connectivity index (χ4n) is 14.9. The molecule has 10 aromatic carbocycles. The molecule has 0 saturated heterocycles. The molecule has 3 nitrogen and oxygen atoms in total. The van der Waals surface area contributed by atoms with Crippen LogP contribution in [0.25, 0.3) is 116 Å². The van der Waals surface area contributed by atoms with E-state index in [-0.39, 0.29) is 39.2 Å². The van der Waals surface area contributed by atoms with E-state index in [2.05, 4.69) is 320 Å². The topological polar surface area (TPSA) is 14.8 Å². The van der Waals surface area contributed by atoms with Crippen molar-refractivity contribution in [1.29, 1.82) is 0 Å². The van der Waals surface area contributed by atoms with Crippen LogP contribution in [0.15, 0.2) is 182 Å². The third-order valence-corrected chi connectivity index (χ3v) is 20.1. The lowest BCUT2D eigenvalue weighted by Gasteiger charge is -2.36. The summed E-state index contributed by atoms with van der Waals surface area (Å²) in [6.45, 7) is 42.2. The van der Waals surface area contributed by atoms with E-state index in [9.17, 15) is 0 Å². The lowest BCUT2D eigenvalue weighted by Crippen LogP contribution is -2.59. The second kappa shape index (κ2) is 18.6. The third-order valence-electron chi connectivity index (χ3n) is 20.1. The van der Waals surface area contributed by atoms with Crippen LogP contribution in [-0.4, -0.2) is 20.4 Å². The number of hydrogen-bond donors (Lipinski definition) is 0. The smallest absolute Gasteiger partial charge is 0.252 e. The molecular formula is C84H84BN3. The van der Waals surface area contributed by atoms with Gasteiger partial charge in [0.05, 0.1) is 27.8 Å². The minimum absolute atomic E-state index is 0.0313. The van der Waals surface area contributed by atoms with Crippen molar-refractivity contribution in [3.05, 3.63) is 215 Å². The van der Waals surface area contributed by atoms with E-state index in [1.54, 1.807) is 0 Å². The number of hydrogen-bond acceptors (Lipinski definition) is 0. The van der Waals surface area contributed by atoms with Crippen LogP contribution in [0.3, 0.4) is 0 Å². The highest BCUT2D eigenvalue weighted by molar-refractivity contribution is 7.00. The van der Waals surface area contributed by atoms with Gasteiger partial charge in [0, 0.05) is 60.3 Å². The Bertz CT molecular complexity index is 4850. The molecule has 15 rings (SSSR count). The molecule has 13 aromatic rings. The first kappa shape index (κ1) is 56.2. The molecule has 0 unspecified atom stereocenters. The maximum atomic E-state index is 2.69. The molecule has 2 aliphatic heterocycles. The van der Waals surface area contributed by atoms with E-state index in [4.69, 9.17) is 0 Å². The zero-order valence-electron chi connectivity index (χ0n) is 55.2. The Morgan fingerprint density at radius 2 is 0.648 bits per heavy atom. The SMILES string of the molecule is CC(C)(C)c1ccc(-c2cc(-c3ccc(C(C)(C)C)cc3)cc(-c3cccc4c5ccccc5n(-c5cc6c7c(c5)-n5c8ccc(C(C)(C)C)cc8c8cc(C(C)(C)C)cc(c85)B7c5cc(C(C)(C)C)cc7c8cc(C(C)(C)C)ccc8n-6c57)c34)c2)cc1. The van der Waals surface area contributed by atoms with Gasteiger partial charge in [-0.1, -0.05) is 234 Å². The summed E-state index contributed by atoms with van der Waals surface area (Å²) in [5.74, 6) is 0. The van der Waals surface area contributed by atoms with Gasteiger partial charge in [-0.05, 0) is 183 Å². The molecule has 0 fully saturated rings. The van der Waals surface area contributed by atoms with E-state index in [0.29, 0.717) is 0 Å². The number of nitrogens with zero attached hydrogens (tertiary/aromatic N) is 3. The fraction of sp³-hybridized carbons (Fsp3) is 0.286. The molecule has 0 saturated carbocycles. The fourth-order valence-corrected chi connectivity index (χ4v) is 14.9. The Balaban J connectivity index is 1.09. The maximum absolute atomic E-state index is 2.69. The van der Waals surface area contributed by atoms with Crippen molar-refractivity contribution >= 4 is 88.5 Å². The summed E-state index contributed by atoms with van der Waals surface area (Å²) in [7, 11) is 0. The summed E-state index contributed by atoms with van der Waals surface area (Å²) in [6.07, 6.45) is 0. The summed E-state index contributed by atoms with van der Waals surface area (Å²) in [4.78, 5) is 0. The van der Waals surface area contributed by atoms with Crippen molar-refractivity contribution in [3.63, 3.8) is 0 Å². The number of benzene rings is 10. The first-order valence-corrected chi connectivity index (χ1v) is 32.3. The molecule has 0 radical (unpaired) electrons. The molecule has 5 heterocycles. The zero-order valence-corrected chi connectivity index (χ0v) is 55.2. The highest BCUT2D eigenvalue weighted by atomic mass is 15.1. The van der Waals surface area contributed by atoms with Gasteiger partial charge in [-0.3, -0.25) is 0 Å². The van der Waals surface area contributed by atoms with Crippen LogP contribution in [-0.2, 0) is 32.5 Å². The highest BCUT2D eigenvalue weighted by Crippen LogP contribution is 2.47. The average molecular weight is 1150 g/mol. The van der Waals surface area contributed by atoms with E-state index in [0.717, 1.165) is 5.69 Å². The Morgan fingerprint density at radius 3 is 1.09 bits per heavy atom. The zero-order chi connectivity index (χ0) is 61.8. The van der Waals surface area contributed by atoms with Crippen molar-refractivity contribution in [3.8, 4) is 50.4 Å². The summed E-state index contributed by atoms with van der Waals surface area (Å²) < 4.78 is 8.01. The van der Waals surface area contributed by atoms with Crippen molar-refractivity contribution in [1.82, 2.24) is 13.7 Å². The van der Waals surface area contributed by atoms with Crippen LogP contribution < -0.4 is 16.4 Å². The van der Waals surface area contributed by atoms with Crippen LogP contribution in [0.4, 0.5) is 0 Å². The van der Waals surface area contributed by atoms with Crippen molar-refractivity contribution in [2.24, 2.45) is 0 Å². The van der Waals surface area contributed by atoms with Crippen LogP contribution >= 0.6 is 0 Å². The number of para-hydroxylation sites is 2. The van der Waals surface area contributed by atoms with Gasteiger partial charge in [0.15, 0.2) is 0 Å². The lowest BCUT2D eigenvalue weighted by atomic mass is 9.34. The Morgan fingerprint density at radius 1 is 0.261 bits per heavy atom. The first-order chi connectivity index (χ1) is 41.4. The molecule has 0 aliphatic carbocycles. The molecule has 0 bridgehead atoms. The van der Waals surface area contributed by atoms with Gasteiger partial charge in [0.1, 0.15) is 0 Å². The second-order valence-corrected chi connectivity index (χ2v) is 32.4. The molecule has 4 heteroatoms. The Kier molecular flexibility index (Phi) is 11.9. The largest absolute Gasteiger partial charge is 0.310 e. The van der Waals surface area contributed by atoms with Crippen molar-refractivity contribution in [2.75, 3.05) is 0 Å². The standard InChI is InChI=1S/C84H84BN3/c1-79(2,3)54-30-26-49(27-31-54)51-38-52(50-28-32-55(33-29-50)80(4,5)6)40-53(39-51)61-23-21-24-63-62-22-19-20-25-70(62)86(76(61)63)60-47-73-75-74(48-60)88-72-37-35-57(82(10,11)12)42-65(72)67-44-59(84(16,17)18)46-69(78(67)88)85(75)68-45-58(83(13,14)15)43-66-64-41-56(81(7,8)9)34-36-71(64)87(73)77(66)68/h19-48H,1-18H3. The monoisotopic (exact) mass is 1150 g/mol. The second-order valence-electron chi connectivity index (χ2n) is 32.4. The van der Waals surface area contributed by atoms with E-state index >= 15 is 0 Å². The molecule has 88 heavy (non-hydrogen) atoms. The summed E-state index contributed by atoms with van der Waals surface area (Å²) >= 11 is 0. The predicted molar refractivity (Wildman–Crippen MR) is 383 cm³/mol. The summed E-state index contributed by atoms with van der Waals surface area (Å²) in [5, 5.41) is 7.78. The molecule has 0 N–H and O–H groups in total. The number of aromatic nitrogens is 3. The minimum atomic E-state index is -0.0918. The number of rotatable bonds is 4. The maximum Gasteiger partial charge on any atom is 0.252 e. The minimum Gasteiger partial charge on any atom is -0.310 e. The Hall–Kier alpha value is -8.34. The van der Waals surface area contributed by atoms with Gasteiger partial charge in [-0.25, -0.2) is 0 Å². The van der Waals surface area contributed by atoms with Gasteiger partial charge >= 0.3 is 0 Å². The Labute approximate surface area is 522 Å². The summed E-state index contributed by atoms with van der Waals surface area (Å²) in [5.41, 5.74) is 30.5. The molecule has 3 aromatic heterocycles. The molecule has 2 aliphatic rings. The van der Waals surface area contributed by atoms with Crippen LogP contribution in [0, 0.1) is 0 Å². The third kappa shape index (κ3) is 8.58. The van der Waals surface area contributed by atoms with Gasteiger partial charge < -0.3 is 13.7 Å². The highest BCUT2D eigenvalue weighted by Gasteiger charge is 2.43. The lowest BCUT2D eigenvalue weighted by molar-refractivity contribution is 0.590. The normalized spacial score (nSPS) is 13.8. The van der Waals surface area contributed by atoms with Crippen molar-refractivity contribution in [2.45, 2.75) is 157 Å². The molecule has 0 atom stereocenters. The van der Waals surface area contributed by atoms with Crippen LogP contribution in [0.1, 0.15) is 158 Å². The van der Waals surface area contributed by atoms with Gasteiger partial charge in [0.2, 0.25) is 0 Å². The number of fused-ring (bicyclic) bond motifs is 13. The molecule has 438 valence electrons. The van der Waals surface area contributed by atoms with Crippen molar-refractivity contribution < 1.29 is 0 Å². The molecule has 0 amide bonds. The van der Waals surface area contributed by atoms with Gasteiger partial charge in [-0.15, -0.1) is 0 Å². The van der Waals surface area contributed by atoms with E-state index < -0.39 is 0 Å². The molecule has 0 spiro atoms. The first-order valence-electron chi connectivity index (χ1n) is 32.3. The van der Waals surface area contributed by atoms with Gasteiger partial charge in [0.25, 0.3) is 6.71 Å².